The van der Waals surface area contributed by atoms with Gasteiger partial charge in [-0.2, -0.15) is 0 Å². The molecule has 1 N–H and O–H groups in total. The molecule has 1 aromatic rings. The molecule has 5 rings (SSSR count). The number of piperazine rings is 1. The van der Waals surface area contributed by atoms with Crippen LogP contribution in [0.2, 0.25) is 0 Å². The molecular formula is C30H46N4O3. The van der Waals surface area contributed by atoms with Crippen molar-refractivity contribution in [1.29, 1.82) is 0 Å². The molecule has 2 aliphatic heterocycles. The Bertz CT molecular complexity index is 938. The van der Waals surface area contributed by atoms with Crippen molar-refractivity contribution in [2.75, 3.05) is 37.6 Å². The smallest absolute Gasteiger partial charge is 0.407 e. The molecule has 7 heteroatoms. The van der Waals surface area contributed by atoms with Crippen molar-refractivity contribution < 1.29 is 14.3 Å². The van der Waals surface area contributed by atoms with Crippen molar-refractivity contribution in [1.82, 2.24) is 15.1 Å². The fourth-order valence-electron chi connectivity index (χ4n) is 6.97. The highest BCUT2D eigenvalue weighted by molar-refractivity contribution is 5.88. The van der Waals surface area contributed by atoms with Crippen LogP contribution in [0, 0.1) is 0 Å². The number of para-hydroxylation sites is 1. The van der Waals surface area contributed by atoms with Crippen LogP contribution >= 0.6 is 0 Å². The van der Waals surface area contributed by atoms with Crippen LogP contribution in [0.15, 0.2) is 24.3 Å². The number of ether oxygens (including phenoxy) is 1. The second-order valence-corrected chi connectivity index (χ2v) is 12.6. The molecule has 2 saturated carbocycles. The average Bonchev–Trinajstić information content (AvgIpc) is 3.28. The second-order valence-electron chi connectivity index (χ2n) is 12.6. The third kappa shape index (κ3) is 6.24. The normalized spacial score (nSPS) is 27.6. The van der Waals surface area contributed by atoms with Crippen molar-refractivity contribution in [2.45, 2.75) is 108 Å². The van der Waals surface area contributed by atoms with Gasteiger partial charge < -0.3 is 19.9 Å². The van der Waals surface area contributed by atoms with Gasteiger partial charge in [0.1, 0.15) is 5.60 Å². The first-order chi connectivity index (χ1) is 17.8. The van der Waals surface area contributed by atoms with Crippen LogP contribution in [-0.2, 0) is 9.53 Å². The number of anilines is 1. The fourth-order valence-corrected chi connectivity index (χ4v) is 6.97. The third-order valence-electron chi connectivity index (χ3n) is 8.87. The number of nitrogens with zero attached hydrogens (tertiary/aromatic N) is 3. The lowest BCUT2D eigenvalue weighted by Crippen LogP contribution is -2.53. The van der Waals surface area contributed by atoms with Crippen LogP contribution in [0.5, 0.6) is 0 Å². The summed E-state index contributed by atoms with van der Waals surface area (Å²) in [7, 11) is 0. The van der Waals surface area contributed by atoms with Gasteiger partial charge in [-0.05, 0) is 70.9 Å². The summed E-state index contributed by atoms with van der Waals surface area (Å²) in [5.74, 6) is 0.230. The van der Waals surface area contributed by atoms with Crippen molar-refractivity contribution >= 4 is 17.7 Å². The number of hydrogen-bond acceptors (Lipinski definition) is 5. The van der Waals surface area contributed by atoms with Crippen molar-refractivity contribution in [2.24, 2.45) is 0 Å². The van der Waals surface area contributed by atoms with E-state index in [0.717, 1.165) is 64.4 Å². The van der Waals surface area contributed by atoms with Crippen LogP contribution in [0.3, 0.4) is 0 Å². The summed E-state index contributed by atoms with van der Waals surface area (Å²) in [6.45, 7) is 10.2. The molecule has 37 heavy (non-hydrogen) atoms. The van der Waals surface area contributed by atoms with Gasteiger partial charge in [0.05, 0.1) is 5.92 Å². The number of rotatable bonds is 4. The van der Waals surface area contributed by atoms with E-state index in [1.807, 2.05) is 20.8 Å². The molecule has 1 atom stereocenters. The van der Waals surface area contributed by atoms with E-state index in [0.29, 0.717) is 11.9 Å². The number of nitrogens with one attached hydrogen (secondary N) is 1. The Morgan fingerprint density at radius 1 is 0.865 bits per heavy atom. The minimum atomic E-state index is -0.482. The molecule has 0 bridgehead atoms. The summed E-state index contributed by atoms with van der Waals surface area (Å²) in [6.07, 6.45) is 10.3. The lowest BCUT2D eigenvalue weighted by molar-refractivity contribution is -0.134. The van der Waals surface area contributed by atoms with Gasteiger partial charge in [0.15, 0.2) is 0 Å². The summed E-state index contributed by atoms with van der Waals surface area (Å²) in [5, 5.41) is 3.06. The van der Waals surface area contributed by atoms with Crippen LogP contribution in [-0.4, -0.2) is 78.3 Å². The topological polar surface area (TPSA) is 65.1 Å². The summed E-state index contributed by atoms with van der Waals surface area (Å²) in [6, 6.07) is 9.80. The van der Waals surface area contributed by atoms with E-state index < -0.39 is 5.60 Å². The van der Waals surface area contributed by atoms with Crippen LogP contribution in [0.1, 0.15) is 90.0 Å². The first-order valence-corrected chi connectivity index (χ1v) is 14.7. The van der Waals surface area contributed by atoms with E-state index in [1.165, 1.54) is 43.4 Å². The van der Waals surface area contributed by atoms with Crippen molar-refractivity contribution in [3.63, 3.8) is 0 Å². The number of fused-ring (bicyclic) bond motifs is 1. The monoisotopic (exact) mass is 510 g/mol. The van der Waals surface area contributed by atoms with Gasteiger partial charge in [-0.1, -0.05) is 37.5 Å². The molecule has 204 valence electrons. The molecule has 2 amide bonds. The summed E-state index contributed by atoms with van der Waals surface area (Å²) < 4.78 is 5.45. The number of carbonyl (C=O) groups excluding carboxylic acids is 2. The number of carbonyl (C=O) groups is 2. The molecule has 3 fully saturated rings. The van der Waals surface area contributed by atoms with Crippen molar-refractivity contribution in [3.8, 4) is 0 Å². The fraction of sp³-hybridized carbons (Fsp3) is 0.733. The highest BCUT2D eigenvalue weighted by atomic mass is 16.6. The first-order valence-electron chi connectivity index (χ1n) is 14.7. The Labute approximate surface area is 222 Å². The lowest BCUT2D eigenvalue weighted by atomic mass is 9.90. The van der Waals surface area contributed by atoms with E-state index >= 15 is 0 Å². The zero-order chi connectivity index (χ0) is 26.0. The molecule has 2 heterocycles. The number of hydrogen-bond donors (Lipinski definition) is 1. The van der Waals surface area contributed by atoms with Gasteiger partial charge >= 0.3 is 6.09 Å². The quantitative estimate of drug-likeness (QED) is 0.624. The van der Waals surface area contributed by atoms with Gasteiger partial charge in [-0.25, -0.2) is 4.79 Å². The maximum atomic E-state index is 13.8. The van der Waals surface area contributed by atoms with Gasteiger partial charge in [-0.3, -0.25) is 9.69 Å². The summed E-state index contributed by atoms with van der Waals surface area (Å²) in [5.41, 5.74) is 1.94. The highest BCUT2D eigenvalue weighted by Gasteiger charge is 2.40. The van der Waals surface area contributed by atoms with E-state index in [4.69, 9.17) is 4.74 Å². The average molecular weight is 511 g/mol. The maximum absolute atomic E-state index is 13.8. The van der Waals surface area contributed by atoms with E-state index in [1.54, 1.807) is 0 Å². The molecule has 7 nitrogen and oxygen atoms in total. The molecule has 1 saturated heterocycles. The highest BCUT2D eigenvalue weighted by Crippen LogP contribution is 2.41. The third-order valence-corrected chi connectivity index (χ3v) is 8.87. The molecular weight excluding hydrogens is 464 g/mol. The van der Waals surface area contributed by atoms with E-state index in [9.17, 15) is 9.59 Å². The van der Waals surface area contributed by atoms with Crippen LogP contribution in [0.4, 0.5) is 10.5 Å². The molecule has 1 aromatic carbocycles. The first kappa shape index (κ1) is 26.3. The van der Waals surface area contributed by atoms with E-state index in [2.05, 4.69) is 44.3 Å². The van der Waals surface area contributed by atoms with E-state index in [-0.39, 0.29) is 18.1 Å². The largest absolute Gasteiger partial charge is 0.444 e. The number of amides is 2. The molecule has 2 aliphatic carbocycles. The number of benzene rings is 1. The van der Waals surface area contributed by atoms with Gasteiger partial charge in [0.25, 0.3) is 0 Å². The zero-order valence-electron chi connectivity index (χ0n) is 23.1. The lowest BCUT2D eigenvalue weighted by Gasteiger charge is -2.41. The number of alkyl carbamates (subject to hydrolysis) is 1. The zero-order valence-corrected chi connectivity index (χ0v) is 23.1. The SMILES string of the molecule is CC(C)(C)OC(=O)N[C@H]1CC[C@@H](N2CC(C(=O)N3CCN(C4CCCCC4)CC3)c3ccccc32)CC1. The second kappa shape index (κ2) is 11.2. The molecule has 0 spiro atoms. The molecule has 0 radical (unpaired) electrons. The molecule has 4 aliphatic rings. The predicted molar refractivity (Wildman–Crippen MR) is 147 cm³/mol. The Morgan fingerprint density at radius 3 is 2.22 bits per heavy atom. The Morgan fingerprint density at radius 2 is 1.54 bits per heavy atom. The van der Waals surface area contributed by atoms with Gasteiger partial charge in [0.2, 0.25) is 5.91 Å². The summed E-state index contributed by atoms with van der Waals surface area (Å²) in [4.78, 5) is 33.3. The Hall–Kier alpha value is -2.28. The Balaban J connectivity index is 1.17. The minimum absolute atomic E-state index is 0.0740. The van der Waals surface area contributed by atoms with Crippen LogP contribution < -0.4 is 10.2 Å². The predicted octanol–water partition coefficient (Wildman–Crippen LogP) is 4.90. The molecule has 0 aromatic heterocycles. The van der Waals surface area contributed by atoms with Gasteiger partial charge in [0, 0.05) is 56.5 Å². The Kier molecular flexibility index (Phi) is 7.99. The maximum Gasteiger partial charge on any atom is 0.407 e. The minimum Gasteiger partial charge on any atom is -0.444 e. The van der Waals surface area contributed by atoms with Crippen molar-refractivity contribution in [3.05, 3.63) is 29.8 Å². The standard InChI is InChI=1S/C30H46N4O3/c1-30(2,3)37-29(36)31-22-13-15-24(16-14-22)34-21-26(25-11-7-8-12-27(25)34)28(35)33-19-17-32(18-20-33)23-9-5-4-6-10-23/h7-8,11-12,22-24,26H,4-6,9-10,13-21H2,1-3H3,(H,31,36)/t22-,24+,26?. The van der Waals surface area contributed by atoms with Gasteiger partial charge in [-0.15, -0.1) is 0 Å². The summed E-state index contributed by atoms with van der Waals surface area (Å²) >= 11 is 0. The molecule has 1 unspecified atom stereocenters. The van der Waals surface area contributed by atoms with Crippen LogP contribution in [0.25, 0.3) is 0 Å².